The number of nitrogen functional groups attached to an aromatic ring is 1. The minimum atomic E-state index is -0.0116. The lowest BCUT2D eigenvalue weighted by molar-refractivity contribution is -0.118. The van der Waals surface area contributed by atoms with Gasteiger partial charge in [-0.05, 0) is 30.7 Å². The molecule has 0 radical (unpaired) electrons. The van der Waals surface area contributed by atoms with Gasteiger partial charge in [0.1, 0.15) is 5.75 Å². The van der Waals surface area contributed by atoms with Crippen molar-refractivity contribution in [3.63, 3.8) is 0 Å². The number of ether oxygens (including phenoxy) is 1. The SMILES string of the molecule is CC(=O)NCCCOc1ccc(N)cc1. The molecule has 1 rings (SSSR count). The molecule has 0 aromatic heterocycles. The Labute approximate surface area is 89.4 Å². The molecule has 0 heterocycles. The fourth-order valence-electron chi connectivity index (χ4n) is 1.09. The van der Waals surface area contributed by atoms with Gasteiger partial charge in [0.05, 0.1) is 6.61 Å². The molecule has 0 bridgehead atoms. The van der Waals surface area contributed by atoms with Crippen LogP contribution in [0.1, 0.15) is 13.3 Å². The van der Waals surface area contributed by atoms with Crippen molar-refractivity contribution in [1.82, 2.24) is 5.32 Å². The first kappa shape index (κ1) is 11.4. The average Bonchev–Trinajstić information content (AvgIpc) is 2.20. The zero-order chi connectivity index (χ0) is 11.1. The van der Waals surface area contributed by atoms with E-state index in [0.29, 0.717) is 13.2 Å². The van der Waals surface area contributed by atoms with E-state index in [0.717, 1.165) is 17.9 Å². The summed E-state index contributed by atoms with van der Waals surface area (Å²) in [4.78, 5) is 10.5. The number of anilines is 1. The summed E-state index contributed by atoms with van der Waals surface area (Å²) in [5, 5.41) is 2.70. The summed E-state index contributed by atoms with van der Waals surface area (Å²) in [5.41, 5.74) is 6.26. The molecule has 0 saturated heterocycles. The lowest BCUT2D eigenvalue weighted by Crippen LogP contribution is -2.22. The van der Waals surface area contributed by atoms with Crippen molar-refractivity contribution >= 4 is 11.6 Å². The van der Waals surface area contributed by atoms with Crippen LogP contribution < -0.4 is 15.8 Å². The summed E-state index contributed by atoms with van der Waals surface area (Å²) in [6.07, 6.45) is 0.796. The molecule has 15 heavy (non-hydrogen) atoms. The Kier molecular flexibility index (Phi) is 4.47. The highest BCUT2D eigenvalue weighted by molar-refractivity contribution is 5.72. The Bertz CT molecular complexity index is 309. The number of hydrogen-bond donors (Lipinski definition) is 2. The van der Waals surface area contributed by atoms with Crippen LogP contribution in [0.2, 0.25) is 0 Å². The van der Waals surface area contributed by atoms with E-state index >= 15 is 0 Å². The van der Waals surface area contributed by atoms with E-state index in [4.69, 9.17) is 10.5 Å². The van der Waals surface area contributed by atoms with E-state index in [1.54, 1.807) is 12.1 Å². The third kappa shape index (κ3) is 4.90. The van der Waals surface area contributed by atoms with Crippen LogP contribution in [0.25, 0.3) is 0 Å². The van der Waals surface area contributed by atoms with Gasteiger partial charge < -0.3 is 15.8 Å². The molecule has 82 valence electrons. The highest BCUT2D eigenvalue weighted by atomic mass is 16.5. The predicted molar refractivity (Wildman–Crippen MR) is 59.7 cm³/mol. The average molecular weight is 208 g/mol. The largest absolute Gasteiger partial charge is 0.494 e. The summed E-state index contributed by atoms with van der Waals surface area (Å²) >= 11 is 0. The molecule has 4 heteroatoms. The molecule has 4 nitrogen and oxygen atoms in total. The molecule has 0 aliphatic heterocycles. The third-order valence-electron chi connectivity index (χ3n) is 1.84. The van der Waals surface area contributed by atoms with Crippen LogP contribution in [0.5, 0.6) is 5.75 Å². The van der Waals surface area contributed by atoms with Crippen molar-refractivity contribution in [2.75, 3.05) is 18.9 Å². The van der Waals surface area contributed by atoms with Gasteiger partial charge in [-0.25, -0.2) is 0 Å². The Morgan fingerprint density at radius 3 is 2.67 bits per heavy atom. The third-order valence-corrected chi connectivity index (χ3v) is 1.84. The van der Waals surface area contributed by atoms with Crippen molar-refractivity contribution in [2.45, 2.75) is 13.3 Å². The Balaban J connectivity index is 2.15. The molecule has 0 spiro atoms. The monoisotopic (exact) mass is 208 g/mol. The summed E-state index contributed by atoms with van der Waals surface area (Å²) in [6, 6.07) is 7.24. The second-order valence-corrected chi connectivity index (χ2v) is 3.25. The van der Waals surface area contributed by atoms with E-state index in [1.807, 2.05) is 12.1 Å². The van der Waals surface area contributed by atoms with Crippen LogP contribution in [0.4, 0.5) is 5.69 Å². The Morgan fingerprint density at radius 1 is 1.40 bits per heavy atom. The second kappa shape index (κ2) is 5.90. The van der Waals surface area contributed by atoms with Crippen molar-refractivity contribution in [3.8, 4) is 5.75 Å². The van der Waals surface area contributed by atoms with Gasteiger partial charge in [-0.1, -0.05) is 0 Å². The maximum Gasteiger partial charge on any atom is 0.216 e. The fraction of sp³-hybridized carbons (Fsp3) is 0.364. The number of nitrogens with two attached hydrogens (primary N) is 1. The fourth-order valence-corrected chi connectivity index (χ4v) is 1.09. The number of benzene rings is 1. The van der Waals surface area contributed by atoms with Gasteiger partial charge in [-0.3, -0.25) is 4.79 Å². The molecule has 1 amide bonds. The first-order valence-corrected chi connectivity index (χ1v) is 4.91. The number of hydrogen-bond acceptors (Lipinski definition) is 3. The molecular formula is C11H16N2O2. The Morgan fingerprint density at radius 2 is 2.07 bits per heavy atom. The Hall–Kier alpha value is -1.71. The molecular weight excluding hydrogens is 192 g/mol. The van der Waals surface area contributed by atoms with Crippen LogP contribution in [0, 0.1) is 0 Å². The summed E-state index contributed by atoms with van der Waals surface area (Å²) in [6.45, 7) is 2.73. The van der Waals surface area contributed by atoms with E-state index in [2.05, 4.69) is 5.32 Å². The summed E-state index contributed by atoms with van der Waals surface area (Å²) in [5.74, 6) is 0.787. The lowest BCUT2D eigenvalue weighted by atomic mass is 10.3. The van der Waals surface area contributed by atoms with Gasteiger partial charge in [0.2, 0.25) is 5.91 Å². The molecule has 0 atom stereocenters. The van der Waals surface area contributed by atoms with Crippen LogP contribution in [0.15, 0.2) is 24.3 Å². The minimum absolute atomic E-state index is 0.0116. The first-order valence-electron chi connectivity index (χ1n) is 4.91. The molecule has 0 aliphatic rings. The maximum atomic E-state index is 10.5. The van der Waals surface area contributed by atoms with E-state index in [9.17, 15) is 4.79 Å². The van der Waals surface area contributed by atoms with Crippen LogP contribution in [-0.4, -0.2) is 19.1 Å². The maximum absolute atomic E-state index is 10.5. The van der Waals surface area contributed by atoms with E-state index in [-0.39, 0.29) is 5.91 Å². The van der Waals surface area contributed by atoms with Gasteiger partial charge in [-0.15, -0.1) is 0 Å². The minimum Gasteiger partial charge on any atom is -0.494 e. The van der Waals surface area contributed by atoms with Crippen molar-refractivity contribution in [2.24, 2.45) is 0 Å². The number of carbonyl (C=O) groups is 1. The number of carbonyl (C=O) groups excluding carboxylic acids is 1. The van der Waals surface area contributed by atoms with Gasteiger partial charge in [0.15, 0.2) is 0 Å². The molecule has 0 saturated carbocycles. The lowest BCUT2D eigenvalue weighted by Gasteiger charge is -2.06. The zero-order valence-corrected chi connectivity index (χ0v) is 8.82. The van der Waals surface area contributed by atoms with Crippen LogP contribution in [0.3, 0.4) is 0 Å². The van der Waals surface area contributed by atoms with E-state index in [1.165, 1.54) is 6.92 Å². The van der Waals surface area contributed by atoms with Crippen molar-refractivity contribution in [3.05, 3.63) is 24.3 Å². The van der Waals surface area contributed by atoms with Crippen molar-refractivity contribution < 1.29 is 9.53 Å². The first-order chi connectivity index (χ1) is 7.18. The summed E-state index contributed by atoms with van der Waals surface area (Å²) in [7, 11) is 0. The second-order valence-electron chi connectivity index (χ2n) is 3.25. The highest BCUT2D eigenvalue weighted by Crippen LogP contribution is 2.12. The quantitative estimate of drug-likeness (QED) is 0.564. The van der Waals surface area contributed by atoms with Crippen molar-refractivity contribution in [1.29, 1.82) is 0 Å². The standard InChI is InChI=1S/C11H16N2O2/c1-9(14)13-7-2-8-15-11-5-3-10(12)4-6-11/h3-6H,2,7-8,12H2,1H3,(H,13,14). The van der Waals surface area contributed by atoms with Gasteiger partial charge >= 0.3 is 0 Å². The van der Waals surface area contributed by atoms with Crippen LogP contribution in [-0.2, 0) is 4.79 Å². The van der Waals surface area contributed by atoms with E-state index < -0.39 is 0 Å². The molecule has 3 N–H and O–H groups in total. The molecule has 1 aromatic rings. The van der Waals surface area contributed by atoms with Gasteiger partial charge in [-0.2, -0.15) is 0 Å². The van der Waals surface area contributed by atoms with Crippen LogP contribution >= 0.6 is 0 Å². The normalized spacial score (nSPS) is 9.67. The predicted octanol–water partition coefficient (Wildman–Crippen LogP) is 1.17. The molecule has 0 aliphatic carbocycles. The number of rotatable bonds is 5. The summed E-state index contributed by atoms with van der Waals surface area (Å²) < 4.78 is 5.44. The molecule has 1 aromatic carbocycles. The molecule has 0 fully saturated rings. The zero-order valence-electron chi connectivity index (χ0n) is 8.82. The smallest absolute Gasteiger partial charge is 0.216 e. The number of amides is 1. The van der Waals surface area contributed by atoms with Gasteiger partial charge in [0, 0.05) is 19.2 Å². The molecule has 0 unspecified atom stereocenters. The van der Waals surface area contributed by atoms with Gasteiger partial charge in [0.25, 0.3) is 0 Å². The highest BCUT2D eigenvalue weighted by Gasteiger charge is 1.94. The topological polar surface area (TPSA) is 64.3 Å². The number of nitrogens with one attached hydrogen (secondary N) is 1.